The Morgan fingerprint density at radius 3 is 2.58 bits per heavy atom. The lowest BCUT2D eigenvalue weighted by atomic mass is 9.81. The summed E-state index contributed by atoms with van der Waals surface area (Å²) in [6.07, 6.45) is 12.2. The monoisotopic (exact) mass is 538 g/mol. The average molecular weight is 539 g/mol. The van der Waals surface area contributed by atoms with Crippen molar-refractivity contribution in [2.75, 3.05) is 20.3 Å². The fraction of sp³-hybridized carbons (Fsp3) is 0.467. The molecular formula is C30H39ClN4O3. The summed E-state index contributed by atoms with van der Waals surface area (Å²) in [6.45, 7) is 4.80. The molecule has 4 rings (SSSR count). The van der Waals surface area contributed by atoms with E-state index in [1.807, 2.05) is 32.1 Å². The fourth-order valence-corrected chi connectivity index (χ4v) is 5.18. The highest BCUT2D eigenvalue weighted by Crippen LogP contribution is 2.35. The topological polar surface area (TPSA) is 96.2 Å². The standard InChI is InChI=1S/C28H33ClN4O3.C2H6/c1-36-26-7-4-14-30-28(33-18-32-26)23-17-31-25(16-24(23)29)22-12-10-21(11-13-22)20-6-3-2-5-19(8-9-20)15-27(34)35;1-2/h4,7,10-13,16-17,19-20H,2-3,5-6,8-9,14-15,18H2,1H3,(H,30,33)(H,34,35);1-2H3/b7-4-,32-26+;. The number of pyridine rings is 1. The molecule has 1 aromatic heterocycles. The van der Waals surface area contributed by atoms with Gasteiger partial charge in [-0.25, -0.2) is 9.98 Å². The molecule has 1 aliphatic heterocycles. The van der Waals surface area contributed by atoms with Crippen molar-refractivity contribution in [3.8, 4) is 11.3 Å². The number of aliphatic carboxylic acids is 1. The molecule has 1 aliphatic carbocycles. The predicted octanol–water partition coefficient (Wildman–Crippen LogP) is 6.87. The molecule has 7 nitrogen and oxygen atoms in total. The van der Waals surface area contributed by atoms with Crippen LogP contribution in [0.1, 0.15) is 75.8 Å². The molecule has 0 bridgehead atoms. The minimum atomic E-state index is -0.683. The van der Waals surface area contributed by atoms with Gasteiger partial charge in [0.25, 0.3) is 0 Å². The Kier molecular flexibility index (Phi) is 11.8. The van der Waals surface area contributed by atoms with Gasteiger partial charge in [-0.1, -0.05) is 68.6 Å². The number of aromatic nitrogens is 1. The number of carbonyl (C=O) groups is 1. The number of hydrogen-bond donors (Lipinski definition) is 2. The molecule has 2 unspecified atom stereocenters. The van der Waals surface area contributed by atoms with Crippen molar-refractivity contribution in [2.45, 2.75) is 64.7 Å². The zero-order valence-electron chi connectivity index (χ0n) is 22.6. The molecule has 0 saturated heterocycles. The van der Waals surface area contributed by atoms with E-state index in [2.05, 4.69) is 44.6 Å². The third-order valence-electron chi connectivity index (χ3n) is 6.90. The van der Waals surface area contributed by atoms with Gasteiger partial charge >= 0.3 is 5.97 Å². The molecule has 8 heteroatoms. The number of benzene rings is 1. The van der Waals surface area contributed by atoms with E-state index in [9.17, 15) is 9.90 Å². The highest BCUT2D eigenvalue weighted by molar-refractivity contribution is 6.34. The number of carboxylic acid groups (broad SMARTS) is 1. The van der Waals surface area contributed by atoms with Gasteiger partial charge in [-0.05, 0) is 55.2 Å². The summed E-state index contributed by atoms with van der Waals surface area (Å²) in [5.74, 6) is 1.25. The van der Waals surface area contributed by atoms with E-state index in [1.54, 1.807) is 13.3 Å². The number of ether oxygens (including phenoxy) is 1. The predicted molar refractivity (Wildman–Crippen MR) is 155 cm³/mol. The lowest BCUT2D eigenvalue weighted by Crippen LogP contribution is -2.25. The molecule has 2 aliphatic rings. The van der Waals surface area contributed by atoms with Gasteiger partial charge in [0.2, 0.25) is 5.90 Å². The van der Waals surface area contributed by atoms with Crippen molar-refractivity contribution in [1.82, 2.24) is 10.3 Å². The van der Waals surface area contributed by atoms with Crippen LogP contribution in [-0.4, -0.2) is 48.1 Å². The van der Waals surface area contributed by atoms with E-state index in [0.29, 0.717) is 35.1 Å². The third kappa shape index (κ3) is 8.42. The van der Waals surface area contributed by atoms with Crippen LogP contribution in [0.5, 0.6) is 0 Å². The van der Waals surface area contributed by atoms with Gasteiger partial charge in [-0.15, -0.1) is 0 Å². The van der Waals surface area contributed by atoms with Crippen LogP contribution in [-0.2, 0) is 9.53 Å². The van der Waals surface area contributed by atoms with Crippen molar-refractivity contribution in [3.63, 3.8) is 0 Å². The molecule has 2 atom stereocenters. The number of hydrogen-bond acceptors (Lipinski definition) is 6. The number of amidine groups is 1. The number of halogens is 1. The van der Waals surface area contributed by atoms with Gasteiger partial charge < -0.3 is 15.2 Å². The molecule has 1 aromatic carbocycles. The maximum Gasteiger partial charge on any atom is 0.303 e. The number of methoxy groups -OCH3 is 1. The molecule has 0 amide bonds. The fourth-order valence-electron chi connectivity index (χ4n) is 4.94. The Labute approximate surface area is 231 Å². The molecule has 204 valence electrons. The Morgan fingerprint density at radius 1 is 1.11 bits per heavy atom. The lowest BCUT2D eigenvalue weighted by Gasteiger charge is -2.24. The van der Waals surface area contributed by atoms with Gasteiger partial charge in [-0.3, -0.25) is 9.78 Å². The van der Waals surface area contributed by atoms with Crippen LogP contribution in [0.25, 0.3) is 11.3 Å². The number of nitrogens with one attached hydrogen (secondary N) is 1. The Balaban J connectivity index is 0.00000195. The Hall–Kier alpha value is -3.19. The average Bonchev–Trinajstić information content (AvgIpc) is 3.03. The summed E-state index contributed by atoms with van der Waals surface area (Å²) in [5.41, 5.74) is 3.85. The first kappa shape index (κ1) is 29.4. The van der Waals surface area contributed by atoms with Crippen molar-refractivity contribution >= 4 is 29.3 Å². The van der Waals surface area contributed by atoms with Gasteiger partial charge in [0.05, 0.1) is 23.4 Å². The Morgan fingerprint density at radius 2 is 1.87 bits per heavy atom. The largest absolute Gasteiger partial charge is 0.481 e. The zero-order chi connectivity index (χ0) is 27.3. The van der Waals surface area contributed by atoms with E-state index >= 15 is 0 Å². The first-order chi connectivity index (χ1) is 18.5. The molecular weight excluding hydrogens is 500 g/mol. The second kappa shape index (κ2) is 15.3. The normalized spacial score (nSPS) is 23.6. The molecule has 0 spiro atoms. The quantitative estimate of drug-likeness (QED) is 0.433. The van der Waals surface area contributed by atoms with Gasteiger partial charge in [0.1, 0.15) is 12.5 Å². The van der Waals surface area contributed by atoms with Crippen LogP contribution < -0.4 is 5.32 Å². The summed E-state index contributed by atoms with van der Waals surface area (Å²) >= 11 is 6.66. The maximum absolute atomic E-state index is 11.2. The van der Waals surface area contributed by atoms with Crippen LogP contribution in [0.2, 0.25) is 5.02 Å². The van der Waals surface area contributed by atoms with Gasteiger partial charge in [0.15, 0.2) is 0 Å². The summed E-state index contributed by atoms with van der Waals surface area (Å²) < 4.78 is 5.20. The summed E-state index contributed by atoms with van der Waals surface area (Å²) in [5, 5.41) is 13.0. The minimum Gasteiger partial charge on any atom is -0.481 e. The van der Waals surface area contributed by atoms with Crippen LogP contribution >= 0.6 is 11.6 Å². The molecule has 2 heterocycles. The zero-order valence-corrected chi connectivity index (χ0v) is 23.4. The number of carboxylic acids is 1. The summed E-state index contributed by atoms with van der Waals surface area (Å²) in [7, 11) is 1.58. The highest BCUT2D eigenvalue weighted by atomic mass is 35.5. The first-order valence-electron chi connectivity index (χ1n) is 13.5. The summed E-state index contributed by atoms with van der Waals surface area (Å²) in [6, 6.07) is 10.4. The summed E-state index contributed by atoms with van der Waals surface area (Å²) in [4.78, 5) is 24.6. The van der Waals surface area contributed by atoms with Gasteiger partial charge in [0, 0.05) is 24.7 Å². The second-order valence-electron chi connectivity index (χ2n) is 9.33. The smallest absolute Gasteiger partial charge is 0.303 e. The molecule has 0 radical (unpaired) electrons. The first-order valence-corrected chi connectivity index (χ1v) is 13.9. The SMILES string of the molecule is CC.COC1=N/C/N=C(/c2cnc(-c3ccc(C4CCCCC(CC(=O)O)CC4)cc3)cc2Cl)NC/C=C\1. The second-order valence-corrected chi connectivity index (χ2v) is 9.73. The molecule has 1 saturated carbocycles. The number of nitrogens with zero attached hydrogens (tertiary/aromatic N) is 3. The van der Waals surface area contributed by atoms with Crippen molar-refractivity contribution < 1.29 is 14.6 Å². The van der Waals surface area contributed by atoms with Crippen LogP contribution in [0.15, 0.2) is 58.7 Å². The van der Waals surface area contributed by atoms with Crippen molar-refractivity contribution in [2.24, 2.45) is 15.9 Å². The van der Waals surface area contributed by atoms with E-state index in [1.165, 1.54) is 5.56 Å². The van der Waals surface area contributed by atoms with E-state index in [-0.39, 0.29) is 13.1 Å². The van der Waals surface area contributed by atoms with E-state index in [4.69, 9.17) is 16.3 Å². The molecule has 1 fully saturated rings. The minimum absolute atomic E-state index is 0.230. The number of aliphatic imine (C=N–C) groups is 2. The third-order valence-corrected chi connectivity index (χ3v) is 7.21. The molecule has 2 aromatic rings. The van der Waals surface area contributed by atoms with Crippen molar-refractivity contribution in [3.05, 3.63) is 64.8 Å². The van der Waals surface area contributed by atoms with Crippen LogP contribution in [0, 0.1) is 5.92 Å². The van der Waals surface area contributed by atoms with E-state index in [0.717, 1.165) is 55.3 Å². The Bertz CT molecular complexity index is 1140. The number of rotatable bonds is 5. The van der Waals surface area contributed by atoms with E-state index < -0.39 is 5.97 Å². The molecule has 38 heavy (non-hydrogen) atoms. The van der Waals surface area contributed by atoms with Crippen LogP contribution in [0.4, 0.5) is 0 Å². The van der Waals surface area contributed by atoms with Gasteiger partial charge in [-0.2, -0.15) is 0 Å². The van der Waals surface area contributed by atoms with Crippen molar-refractivity contribution in [1.29, 1.82) is 0 Å². The highest BCUT2D eigenvalue weighted by Gasteiger charge is 2.21. The lowest BCUT2D eigenvalue weighted by molar-refractivity contribution is -0.138. The maximum atomic E-state index is 11.2. The van der Waals surface area contributed by atoms with Crippen LogP contribution in [0.3, 0.4) is 0 Å². The molecule has 2 N–H and O–H groups in total.